The van der Waals surface area contributed by atoms with Crippen molar-refractivity contribution in [3.63, 3.8) is 0 Å². The van der Waals surface area contributed by atoms with Crippen LogP contribution in [0.15, 0.2) is 88.9 Å². The van der Waals surface area contributed by atoms with E-state index in [2.05, 4.69) is 20.2 Å². The summed E-state index contributed by atoms with van der Waals surface area (Å²) in [7, 11) is -3.81. The van der Waals surface area contributed by atoms with Crippen LogP contribution in [0.2, 0.25) is 0 Å². The maximum absolute atomic E-state index is 12.7. The second-order valence-electron chi connectivity index (χ2n) is 6.97. The second-order valence-corrected chi connectivity index (χ2v) is 8.63. The Bertz CT molecular complexity index is 1300. The zero-order chi connectivity index (χ0) is 21.1. The van der Waals surface area contributed by atoms with E-state index in [0.29, 0.717) is 5.71 Å². The molecule has 0 fully saturated rings. The molecule has 1 N–H and O–H groups in total. The lowest BCUT2D eigenvalue weighted by molar-refractivity contribution is 0.580. The van der Waals surface area contributed by atoms with Gasteiger partial charge in [-0.1, -0.05) is 65.4 Å². The van der Waals surface area contributed by atoms with Gasteiger partial charge in [-0.25, -0.2) is 4.68 Å². The number of aromatic nitrogens is 3. The van der Waals surface area contributed by atoms with Crippen LogP contribution in [0.25, 0.3) is 11.0 Å². The normalized spacial score (nSPS) is 13.3. The van der Waals surface area contributed by atoms with Crippen molar-refractivity contribution in [3.8, 4) is 0 Å². The highest BCUT2D eigenvalue weighted by molar-refractivity contribution is 7.89. The monoisotopic (exact) mass is 419 g/mol. The van der Waals surface area contributed by atoms with Gasteiger partial charge in [0.2, 0.25) is 0 Å². The number of nitrogens with zero attached hydrogens (tertiary/aromatic N) is 4. The van der Waals surface area contributed by atoms with Crippen LogP contribution in [0.3, 0.4) is 0 Å². The maximum atomic E-state index is 12.7. The summed E-state index contributed by atoms with van der Waals surface area (Å²) in [5, 5.41) is 12.8. The summed E-state index contributed by atoms with van der Waals surface area (Å²) < 4.78 is 27.2. The molecular weight excluding hydrogens is 398 g/mol. The minimum absolute atomic E-state index is 0.156. The third kappa shape index (κ3) is 3.95. The van der Waals surface area contributed by atoms with Crippen molar-refractivity contribution >= 4 is 26.8 Å². The van der Waals surface area contributed by atoms with Crippen molar-refractivity contribution in [1.82, 2.24) is 19.8 Å². The summed E-state index contributed by atoms with van der Waals surface area (Å²) in [6.45, 7) is 3.81. The standard InChI is InChI=1S/C22H21N5O2S/c1-16-12-14-19(15-13-16)30(28,29)26-24-22(18-8-4-3-5-9-18)17(2)27-21-11-7-6-10-20(21)23-25-27/h3-15,17,26H,1-2H3. The minimum Gasteiger partial charge on any atom is -0.236 e. The van der Waals surface area contributed by atoms with Crippen LogP contribution < -0.4 is 4.83 Å². The molecule has 1 unspecified atom stereocenters. The van der Waals surface area contributed by atoms with Crippen LogP contribution in [0, 0.1) is 6.92 Å². The van der Waals surface area contributed by atoms with Gasteiger partial charge in [0.15, 0.2) is 0 Å². The van der Waals surface area contributed by atoms with Crippen LogP contribution in [0.1, 0.15) is 24.1 Å². The van der Waals surface area contributed by atoms with Crippen molar-refractivity contribution in [2.45, 2.75) is 24.8 Å². The average Bonchev–Trinajstić information content (AvgIpc) is 3.19. The van der Waals surface area contributed by atoms with Gasteiger partial charge in [0.1, 0.15) is 5.52 Å². The zero-order valence-corrected chi connectivity index (χ0v) is 17.4. The molecule has 4 rings (SSSR count). The molecule has 0 bridgehead atoms. The second kappa shape index (κ2) is 8.08. The van der Waals surface area contributed by atoms with E-state index < -0.39 is 10.0 Å². The summed E-state index contributed by atoms with van der Waals surface area (Å²) in [4.78, 5) is 2.54. The number of nitrogens with one attached hydrogen (secondary N) is 1. The molecule has 3 aromatic carbocycles. The van der Waals surface area contributed by atoms with Gasteiger partial charge in [-0.3, -0.25) is 0 Å². The molecule has 1 heterocycles. The van der Waals surface area contributed by atoms with Crippen LogP contribution in [0.5, 0.6) is 0 Å². The summed E-state index contributed by atoms with van der Waals surface area (Å²) in [6, 6.07) is 23.3. The fourth-order valence-electron chi connectivity index (χ4n) is 3.18. The smallest absolute Gasteiger partial charge is 0.236 e. The van der Waals surface area contributed by atoms with E-state index in [4.69, 9.17) is 0 Å². The number of hydrogen-bond acceptors (Lipinski definition) is 5. The summed E-state index contributed by atoms with van der Waals surface area (Å²) in [5.41, 5.74) is 3.90. The number of aryl methyl sites for hydroxylation is 1. The average molecular weight is 420 g/mol. The molecule has 0 radical (unpaired) electrons. The van der Waals surface area contributed by atoms with Gasteiger partial charge in [0, 0.05) is 0 Å². The molecule has 30 heavy (non-hydrogen) atoms. The molecular formula is C22H21N5O2S. The lowest BCUT2D eigenvalue weighted by Gasteiger charge is -2.16. The molecule has 1 aromatic heterocycles. The molecule has 152 valence electrons. The zero-order valence-electron chi connectivity index (χ0n) is 16.6. The molecule has 7 nitrogen and oxygen atoms in total. The van der Waals surface area contributed by atoms with E-state index in [9.17, 15) is 8.42 Å². The van der Waals surface area contributed by atoms with Crippen LogP contribution in [0.4, 0.5) is 0 Å². The van der Waals surface area contributed by atoms with Crippen molar-refractivity contribution in [1.29, 1.82) is 0 Å². The van der Waals surface area contributed by atoms with Gasteiger partial charge < -0.3 is 0 Å². The highest BCUT2D eigenvalue weighted by Gasteiger charge is 2.20. The SMILES string of the molecule is Cc1ccc(S(=O)(=O)NN=C(c2ccccc2)C(C)n2nnc3ccccc32)cc1. The number of hydrogen-bond donors (Lipinski definition) is 1. The quantitative estimate of drug-likeness (QED) is 0.381. The Morgan fingerprint density at radius 2 is 1.63 bits per heavy atom. The first-order valence-electron chi connectivity index (χ1n) is 9.47. The van der Waals surface area contributed by atoms with Gasteiger partial charge in [-0.15, -0.1) is 5.10 Å². The number of rotatable bonds is 6. The summed E-state index contributed by atoms with van der Waals surface area (Å²) in [6.07, 6.45) is 0. The molecule has 0 saturated heterocycles. The van der Waals surface area contributed by atoms with Crippen molar-refractivity contribution < 1.29 is 8.42 Å². The first-order valence-corrected chi connectivity index (χ1v) is 11.0. The van der Waals surface area contributed by atoms with E-state index in [0.717, 1.165) is 22.2 Å². The third-order valence-corrected chi connectivity index (χ3v) is 6.05. The highest BCUT2D eigenvalue weighted by atomic mass is 32.2. The molecule has 0 saturated carbocycles. The van der Waals surface area contributed by atoms with E-state index in [1.165, 1.54) is 0 Å². The molecule has 1 atom stereocenters. The first kappa shape index (κ1) is 19.8. The van der Waals surface area contributed by atoms with Crippen LogP contribution in [-0.2, 0) is 10.0 Å². The molecule has 0 aliphatic rings. The van der Waals surface area contributed by atoms with Gasteiger partial charge >= 0.3 is 0 Å². The van der Waals surface area contributed by atoms with E-state index in [-0.39, 0.29) is 10.9 Å². The maximum Gasteiger partial charge on any atom is 0.276 e. The van der Waals surface area contributed by atoms with E-state index >= 15 is 0 Å². The van der Waals surface area contributed by atoms with Gasteiger partial charge in [0.05, 0.1) is 22.2 Å². The summed E-state index contributed by atoms with van der Waals surface area (Å²) >= 11 is 0. The lowest BCUT2D eigenvalue weighted by Crippen LogP contribution is -2.25. The largest absolute Gasteiger partial charge is 0.276 e. The Balaban J connectivity index is 1.74. The fourth-order valence-corrected chi connectivity index (χ4v) is 3.99. The molecule has 0 aliphatic carbocycles. The number of para-hydroxylation sites is 1. The minimum atomic E-state index is -3.81. The third-order valence-electron chi connectivity index (χ3n) is 4.83. The van der Waals surface area contributed by atoms with Gasteiger partial charge in [-0.05, 0) is 43.7 Å². The highest BCUT2D eigenvalue weighted by Crippen LogP contribution is 2.20. The topological polar surface area (TPSA) is 89.2 Å². The van der Waals surface area contributed by atoms with Gasteiger partial charge in [-0.2, -0.15) is 18.4 Å². The predicted molar refractivity (Wildman–Crippen MR) is 117 cm³/mol. The number of sulfonamides is 1. The molecule has 4 aromatic rings. The fraction of sp³-hybridized carbons (Fsp3) is 0.136. The lowest BCUT2D eigenvalue weighted by atomic mass is 10.0. The Morgan fingerprint density at radius 1 is 0.967 bits per heavy atom. The van der Waals surface area contributed by atoms with Crippen molar-refractivity contribution in [2.75, 3.05) is 0 Å². The van der Waals surface area contributed by atoms with Crippen molar-refractivity contribution in [2.24, 2.45) is 5.10 Å². The van der Waals surface area contributed by atoms with Gasteiger partial charge in [0.25, 0.3) is 10.0 Å². The predicted octanol–water partition coefficient (Wildman–Crippen LogP) is 3.68. The van der Waals surface area contributed by atoms with Crippen LogP contribution in [-0.4, -0.2) is 29.1 Å². The molecule has 0 aliphatic heterocycles. The number of hydrazone groups is 1. The van der Waals surface area contributed by atoms with Crippen LogP contribution >= 0.6 is 0 Å². The van der Waals surface area contributed by atoms with E-state index in [1.54, 1.807) is 28.9 Å². The Hall–Kier alpha value is -3.52. The Kier molecular flexibility index (Phi) is 5.33. The molecule has 8 heteroatoms. The molecule has 0 spiro atoms. The van der Waals surface area contributed by atoms with Crippen molar-refractivity contribution in [3.05, 3.63) is 90.0 Å². The molecule has 0 amide bonds. The first-order chi connectivity index (χ1) is 14.5. The number of fused-ring (bicyclic) bond motifs is 1. The Labute approximate surface area is 175 Å². The number of benzene rings is 3. The van der Waals surface area contributed by atoms with E-state index in [1.807, 2.05) is 68.4 Å². The summed E-state index contributed by atoms with van der Waals surface area (Å²) in [5.74, 6) is 0. The Morgan fingerprint density at radius 3 is 2.37 bits per heavy atom.